The maximum absolute atomic E-state index is 13.2. The predicted octanol–water partition coefficient (Wildman–Crippen LogP) is 2.52. The number of H-pyrrole nitrogens is 1. The first-order chi connectivity index (χ1) is 10.6. The van der Waals surface area contributed by atoms with E-state index in [4.69, 9.17) is 4.74 Å². The van der Waals surface area contributed by atoms with Gasteiger partial charge < -0.3 is 15.0 Å². The van der Waals surface area contributed by atoms with Gasteiger partial charge in [0, 0.05) is 17.1 Å². The highest BCUT2D eigenvalue weighted by Gasteiger charge is 2.43. The van der Waals surface area contributed by atoms with Crippen molar-refractivity contribution < 1.29 is 18.7 Å². The number of aromatic amines is 1. The molecule has 0 saturated heterocycles. The highest BCUT2D eigenvalue weighted by Crippen LogP contribution is 2.31. The fourth-order valence-electron chi connectivity index (χ4n) is 3.13. The van der Waals surface area contributed by atoms with E-state index in [2.05, 4.69) is 10.3 Å². The minimum Gasteiger partial charge on any atom is -0.467 e. The van der Waals surface area contributed by atoms with Gasteiger partial charge in [-0.3, -0.25) is 4.79 Å². The fourth-order valence-corrected chi connectivity index (χ4v) is 3.13. The molecule has 3 rings (SSSR count). The molecule has 0 spiro atoms. The molecule has 5 nitrogen and oxygen atoms in total. The van der Waals surface area contributed by atoms with Crippen LogP contribution in [0.2, 0.25) is 0 Å². The van der Waals surface area contributed by atoms with Crippen LogP contribution in [0.5, 0.6) is 0 Å². The lowest BCUT2D eigenvalue weighted by molar-refractivity contribution is -0.148. The Bertz CT molecular complexity index is 732. The Hall–Kier alpha value is -2.37. The first-order valence-corrected chi connectivity index (χ1v) is 7.23. The van der Waals surface area contributed by atoms with Gasteiger partial charge in [-0.1, -0.05) is 12.8 Å². The molecule has 6 heteroatoms. The maximum Gasteiger partial charge on any atom is 0.331 e. The molecule has 1 aliphatic carbocycles. The van der Waals surface area contributed by atoms with Gasteiger partial charge in [-0.25, -0.2) is 9.18 Å². The van der Waals surface area contributed by atoms with Crippen molar-refractivity contribution in [2.24, 2.45) is 0 Å². The van der Waals surface area contributed by atoms with Crippen molar-refractivity contribution >= 4 is 22.8 Å². The average Bonchev–Trinajstić information content (AvgIpc) is 3.13. The molecule has 0 radical (unpaired) electrons. The van der Waals surface area contributed by atoms with E-state index < -0.39 is 11.5 Å². The minimum absolute atomic E-state index is 0.356. The SMILES string of the molecule is COC(=O)C1(NC(=O)c2c[nH]c3cc(F)ccc23)CCCC1. The lowest BCUT2D eigenvalue weighted by Gasteiger charge is -2.27. The number of carbonyl (C=O) groups is 2. The fraction of sp³-hybridized carbons (Fsp3) is 0.375. The third-order valence-electron chi connectivity index (χ3n) is 4.27. The third kappa shape index (κ3) is 2.34. The second-order valence-corrected chi connectivity index (χ2v) is 5.63. The molecule has 1 aliphatic rings. The van der Waals surface area contributed by atoms with Crippen LogP contribution >= 0.6 is 0 Å². The number of halogens is 1. The second-order valence-electron chi connectivity index (χ2n) is 5.63. The number of ether oxygens (including phenoxy) is 1. The lowest BCUT2D eigenvalue weighted by Crippen LogP contribution is -2.53. The van der Waals surface area contributed by atoms with Gasteiger partial charge in [-0.2, -0.15) is 0 Å². The molecule has 2 aromatic rings. The molecule has 1 fully saturated rings. The summed E-state index contributed by atoms with van der Waals surface area (Å²) < 4.78 is 18.1. The van der Waals surface area contributed by atoms with Gasteiger partial charge in [0.2, 0.25) is 0 Å². The topological polar surface area (TPSA) is 71.2 Å². The lowest BCUT2D eigenvalue weighted by atomic mass is 9.97. The second kappa shape index (κ2) is 5.44. The highest BCUT2D eigenvalue weighted by molar-refractivity contribution is 6.08. The van der Waals surface area contributed by atoms with Crippen LogP contribution in [0, 0.1) is 5.82 Å². The summed E-state index contributed by atoms with van der Waals surface area (Å²) in [6, 6.07) is 4.19. The molecule has 0 atom stereocenters. The van der Waals surface area contributed by atoms with Crippen molar-refractivity contribution in [2.45, 2.75) is 31.2 Å². The number of hydrogen-bond donors (Lipinski definition) is 2. The van der Waals surface area contributed by atoms with Gasteiger partial charge in [0.05, 0.1) is 12.7 Å². The number of methoxy groups -OCH3 is 1. The number of benzene rings is 1. The Balaban J connectivity index is 1.91. The summed E-state index contributed by atoms with van der Waals surface area (Å²) in [6.07, 6.45) is 4.41. The molecule has 22 heavy (non-hydrogen) atoms. The first-order valence-electron chi connectivity index (χ1n) is 7.23. The van der Waals surface area contributed by atoms with E-state index in [9.17, 15) is 14.0 Å². The molecule has 2 N–H and O–H groups in total. The maximum atomic E-state index is 13.2. The molecule has 1 saturated carbocycles. The van der Waals surface area contributed by atoms with E-state index in [1.165, 1.54) is 25.4 Å². The van der Waals surface area contributed by atoms with Crippen LogP contribution in [0.25, 0.3) is 10.9 Å². The quantitative estimate of drug-likeness (QED) is 0.856. The standard InChI is InChI=1S/C16H17FN2O3/c1-22-15(21)16(6-2-3-7-16)19-14(20)12-9-18-13-8-10(17)4-5-11(12)13/h4-5,8-9,18H,2-3,6-7H2,1H3,(H,19,20). The van der Waals surface area contributed by atoms with Gasteiger partial charge in [-0.05, 0) is 31.0 Å². The molecule has 0 unspecified atom stereocenters. The van der Waals surface area contributed by atoms with Crippen LogP contribution in [-0.2, 0) is 9.53 Å². The zero-order chi connectivity index (χ0) is 15.7. The number of esters is 1. The average molecular weight is 304 g/mol. The minimum atomic E-state index is -0.949. The number of amides is 1. The van der Waals surface area contributed by atoms with Gasteiger partial charge in [0.1, 0.15) is 11.4 Å². The number of hydrogen-bond acceptors (Lipinski definition) is 3. The van der Waals surface area contributed by atoms with E-state index in [-0.39, 0.29) is 11.7 Å². The molecule has 0 bridgehead atoms. The van der Waals surface area contributed by atoms with Crippen molar-refractivity contribution in [3.05, 3.63) is 35.8 Å². The van der Waals surface area contributed by atoms with Crippen molar-refractivity contribution in [3.63, 3.8) is 0 Å². The predicted molar refractivity (Wildman–Crippen MR) is 78.9 cm³/mol. The first kappa shape index (κ1) is 14.6. The molecule has 116 valence electrons. The Morgan fingerprint density at radius 3 is 2.73 bits per heavy atom. The number of aromatic nitrogens is 1. The highest BCUT2D eigenvalue weighted by atomic mass is 19.1. The van der Waals surface area contributed by atoms with Gasteiger partial charge >= 0.3 is 5.97 Å². The summed E-state index contributed by atoms with van der Waals surface area (Å²) in [6.45, 7) is 0. The molecular formula is C16H17FN2O3. The Morgan fingerprint density at radius 2 is 2.05 bits per heavy atom. The van der Waals surface area contributed by atoms with Gasteiger partial charge in [0.25, 0.3) is 5.91 Å². The van der Waals surface area contributed by atoms with Crippen LogP contribution < -0.4 is 5.32 Å². The summed E-state index contributed by atoms with van der Waals surface area (Å²) in [5.41, 5.74) is -0.0102. The van der Waals surface area contributed by atoms with Crippen molar-refractivity contribution in [1.82, 2.24) is 10.3 Å². The molecule has 1 heterocycles. The van der Waals surface area contributed by atoms with Crippen LogP contribution in [0.4, 0.5) is 4.39 Å². The zero-order valence-corrected chi connectivity index (χ0v) is 12.2. The van der Waals surface area contributed by atoms with Gasteiger partial charge in [0.15, 0.2) is 0 Å². The number of fused-ring (bicyclic) bond motifs is 1. The smallest absolute Gasteiger partial charge is 0.331 e. The van der Waals surface area contributed by atoms with E-state index in [0.29, 0.717) is 29.3 Å². The van der Waals surface area contributed by atoms with E-state index >= 15 is 0 Å². The van der Waals surface area contributed by atoms with Crippen LogP contribution in [0.3, 0.4) is 0 Å². The Kier molecular flexibility index (Phi) is 3.60. The summed E-state index contributed by atoms with van der Waals surface area (Å²) in [5, 5.41) is 3.45. The number of nitrogens with one attached hydrogen (secondary N) is 2. The van der Waals surface area contributed by atoms with Crippen LogP contribution in [-0.4, -0.2) is 29.5 Å². The molecule has 1 aromatic carbocycles. The Morgan fingerprint density at radius 1 is 1.32 bits per heavy atom. The number of rotatable bonds is 3. The van der Waals surface area contributed by atoms with Gasteiger partial charge in [-0.15, -0.1) is 0 Å². The largest absolute Gasteiger partial charge is 0.467 e. The molecule has 0 aliphatic heterocycles. The summed E-state index contributed by atoms with van der Waals surface area (Å²) in [7, 11) is 1.32. The van der Waals surface area contributed by atoms with Crippen molar-refractivity contribution in [3.8, 4) is 0 Å². The summed E-state index contributed by atoms with van der Waals surface area (Å²) >= 11 is 0. The number of carbonyl (C=O) groups excluding carboxylic acids is 2. The third-order valence-corrected chi connectivity index (χ3v) is 4.27. The monoisotopic (exact) mass is 304 g/mol. The normalized spacial score (nSPS) is 16.6. The molecule has 1 amide bonds. The van der Waals surface area contributed by atoms with Crippen molar-refractivity contribution in [2.75, 3.05) is 7.11 Å². The van der Waals surface area contributed by atoms with Crippen LogP contribution in [0.15, 0.2) is 24.4 Å². The van der Waals surface area contributed by atoms with Crippen molar-refractivity contribution in [1.29, 1.82) is 0 Å². The summed E-state index contributed by atoms with van der Waals surface area (Å²) in [4.78, 5) is 27.5. The van der Waals surface area contributed by atoms with E-state index in [1.54, 1.807) is 6.07 Å². The Labute approximate surface area is 126 Å². The van der Waals surface area contributed by atoms with E-state index in [0.717, 1.165) is 12.8 Å². The summed E-state index contributed by atoms with van der Waals surface area (Å²) in [5.74, 6) is -1.14. The molecule has 1 aromatic heterocycles. The van der Waals surface area contributed by atoms with Crippen LogP contribution in [0.1, 0.15) is 36.0 Å². The molecular weight excluding hydrogens is 287 g/mol. The van der Waals surface area contributed by atoms with E-state index in [1.807, 2.05) is 0 Å². The zero-order valence-electron chi connectivity index (χ0n) is 12.2.